The maximum absolute atomic E-state index is 11.6. The van der Waals surface area contributed by atoms with Crippen molar-refractivity contribution in [2.75, 3.05) is 0 Å². The first-order valence-electron chi connectivity index (χ1n) is 6.58. The minimum Gasteiger partial charge on any atom is -0.481 e. The molecule has 3 heteroatoms. The molecule has 0 aromatic heterocycles. The summed E-state index contributed by atoms with van der Waals surface area (Å²) in [5.74, 6) is -0.675. The van der Waals surface area contributed by atoms with Gasteiger partial charge in [-0.3, -0.25) is 4.79 Å². The minimum absolute atomic E-state index is 0.00463. The number of rotatable bonds is 2. The summed E-state index contributed by atoms with van der Waals surface area (Å²) in [4.78, 5) is 11.6. The third-order valence-corrected chi connectivity index (χ3v) is 4.61. The smallest absolute Gasteiger partial charge is 0.310 e. The predicted octanol–water partition coefficient (Wildman–Crippen LogP) is 2.57. The molecule has 0 saturated heterocycles. The monoisotopic (exact) mass is 226 g/mol. The van der Waals surface area contributed by atoms with Crippen molar-refractivity contribution in [2.45, 2.75) is 63.9 Å². The maximum atomic E-state index is 11.6. The number of hydrogen-bond donors (Lipinski definition) is 2. The SMILES string of the molecule is O=C(O)C1(C2CCCCCC2O)CCCC1. The molecule has 2 fully saturated rings. The normalized spacial score (nSPS) is 34.6. The van der Waals surface area contributed by atoms with Gasteiger partial charge in [-0.05, 0) is 25.7 Å². The lowest BCUT2D eigenvalue weighted by molar-refractivity contribution is -0.156. The average Bonchev–Trinajstić information content (AvgIpc) is 2.64. The van der Waals surface area contributed by atoms with E-state index in [2.05, 4.69) is 0 Å². The van der Waals surface area contributed by atoms with Gasteiger partial charge in [0, 0.05) is 5.92 Å². The van der Waals surface area contributed by atoms with Crippen LogP contribution in [0.3, 0.4) is 0 Å². The summed E-state index contributed by atoms with van der Waals surface area (Å²) in [7, 11) is 0. The largest absolute Gasteiger partial charge is 0.481 e. The van der Waals surface area contributed by atoms with Crippen molar-refractivity contribution in [1.29, 1.82) is 0 Å². The molecule has 0 aliphatic heterocycles. The van der Waals surface area contributed by atoms with Crippen LogP contribution in [0.2, 0.25) is 0 Å². The number of carboxylic acids is 1. The molecule has 0 amide bonds. The van der Waals surface area contributed by atoms with E-state index in [9.17, 15) is 15.0 Å². The summed E-state index contributed by atoms with van der Waals surface area (Å²) in [5.41, 5.74) is -0.607. The van der Waals surface area contributed by atoms with Crippen molar-refractivity contribution in [2.24, 2.45) is 11.3 Å². The molecule has 0 bridgehead atoms. The Kier molecular flexibility index (Phi) is 3.53. The summed E-state index contributed by atoms with van der Waals surface area (Å²) in [6.07, 6.45) is 8.12. The number of aliphatic hydroxyl groups excluding tert-OH is 1. The van der Waals surface area contributed by atoms with E-state index in [1.165, 1.54) is 0 Å². The van der Waals surface area contributed by atoms with Gasteiger partial charge < -0.3 is 10.2 Å². The molecule has 0 aromatic carbocycles. The molecule has 0 radical (unpaired) electrons. The van der Waals surface area contributed by atoms with Gasteiger partial charge in [-0.1, -0.05) is 32.1 Å². The highest BCUT2D eigenvalue weighted by Crippen LogP contribution is 2.49. The van der Waals surface area contributed by atoms with E-state index in [1.807, 2.05) is 0 Å². The fourth-order valence-corrected chi connectivity index (χ4v) is 3.68. The van der Waals surface area contributed by atoms with Crippen molar-refractivity contribution in [3.63, 3.8) is 0 Å². The zero-order chi connectivity index (χ0) is 11.6. The lowest BCUT2D eigenvalue weighted by Gasteiger charge is -2.36. The topological polar surface area (TPSA) is 57.5 Å². The van der Waals surface area contributed by atoms with Crippen LogP contribution in [0.5, 0.6) is 0 Å². The first-order valence-corrected chi connectivity index (χ1v) is 6.58. The molecule has 0 heterocycles. The molecule has 2 rings (SSSR count). The van der Waals surface area contributed by atoms with E-state index in [4.69, 9.17) is 0 Å². The average molecular weight is 226 g/mol. The Hall–Kier alpha value is -0.570. The maximum Gasteiger partial charge on any atom is 0.310 e. The van der Waals surface area contributed by atoms with Crippen LogP contribution in [0.4, 0.5) is 0 Å². The Morgan fingerprint density at radius 1 is 1.00 bits per heavy atom. The number of hydrogen-bond acceptors (Lipinski definition) is 2. The van der Waals surface area contributed by atoms with Gasteiger partial charge in [-0.15, -0.1) is 0 Å². The number of aliphatic carboxylic acids is 1. The molecule has 0 spiro atoms. The standard InChI is InChI=1S/C13H22O3/c14-11-7-3-1-2-6-10(11)13(12(15)16)8-4-5-9-13/h10-11,14H,1-9H2,(H,15,16). The van der Waals surface area contributed by atoms with Crippen molar-refractivity contribution in [3.05, 3.63) is 0 Å². The quantitative estimate of drug-likeness (QED) is 0.711. The highest BCUT2D eigenvalue weighted by Gasteiger charge is 2.50. The van der Waals surface area contributed by atoms with Crippen LogP contribution in [-0.2, 0) is 4.79 Å². The second-order valence-electron chi connectivity index (χ2n) is 5.48. The van der Waals surface area contributed by atoms with Gasteiger partial charge in [-0.25, -0.2) is 0 Å². The number of carbonyl (C=O) groups is 1. The molecule has 2 unspecified atom stereocenters. The van der Waals surface area contributed by atoms with Crippen LogP contribution in [0, 0.1) is 11.3 Å². The van der Waals surface area contributed by atoms with Gasteiger partial charge >= 0.3 is 5.97 Å². The molecular weight excluding hydrogens is 204 g/mol. The second kappa shape index (κ2) is 4.74. The zero-order valence-corrected chi connectivity index (χ0v) is 9.82. The van der Waals surface area contributed by atoms with Gasteiger partial charge in [-0.2, -0.15) is 0 Å². The summed E-state index contributed by atoms with van der Waals surface area (Å²) in [5, 5.41) is 19.7. The Morgan fingerprint density at radius 3 is 2.25 bits per heavy atom. The number of carboxylic acid groups (broad SMARTS) is 1. The van der Waals surface area contributed by atoms with Crippen LogP contribution in [0.15, 0.2) is 0 Å². The zero-order valence-electron chi connectivity index (χ0n) is 9.82. The molecule has 2 aliphatic carbocycles. The summed E-state index contributed by atoms with van der Waals surface area (Å²) in [6.45, 7) is 0. The van der Waals surface area contributed by atoms with Crippen LogP contribution in [0.25, 0.3) is 0 Å². The predicted molar refractivity (Wildman–Crippen MR) is 61.1 cm³/mol. The van der Waals surface area contributed by atoms with Crippen molar-refractivity contribution in [1.82, 2.24) is 0 Å². The molecule has 3 nitrogen and oxygen atoms in total. The first kappa shape index (κ1) is 11.9. The van der Waals surface area contributed by atoms with Crippen molar-refractivity contribution in [3.8, 4) is 0 Å². The Morgan fingerprint density at radius 2 is 1.62 bits per heavy atom. The van der Waals surface area contributed by atoms with E-state index in [-0.39, 0.29) is 5.92 Å². The summed E-state index contributed by atoms with van der Waals surface area (Å²) >= 11 is 0. The van der Waals surface area contributed by atoms with E-state index in [0.29, 0.717) is 0 Å². The Labute approximate surface area is 96.9 Å². The first-order chi connectivity index (χ1) is 7.67. The van der Waals surface area contributed by atoms with Crippen molar-refractivity contribution >= 4 is 5.97 Å². The third kappa shape index (κ3) is 1.97. The van der Waals surface area contributed by atoms with Gasteiger partial charge in [0.1, 0.15) is 0 Å². The molecule has 2 aliphatic rings. The number of aliphatic hydroxyl groups is 1. The molecule has 0 aromatic rings. The van der Waals surface area contributed by atoms with Crippen LogP contribution in [0.1, 0.15) is 57.8 Å². The van der Waals surface area contributed by atoms with E-state index in [0.717, 1.165) is 57.8 Å². The summed E-state index contributed by atoms with van der Waals surface area (Å²) < 4.78 is 0. The van der Waals surface area contributed by atoms with E-state index in [1.54, 1.807) is 0 Å². The van der Waals surface area contributed by atoms with Gasteiger partial charge in [0.25, 0.3) is 0 Å². The molecule has 16 heavy (non-hydrogen) atoms. The Balaban J connectivity index is 2.20. The summed E-state index contributed by atoms with van der Waals surface area (Å²) in [6, 6.07) is 0. The van der Waals surface area contributed by atoms with Gasteiger partial charge in [0.05, 0.1) is 11.5 Å². The lowest BCUT2D eigenvalue weighted by atomic mass is 9.69. The fraction of sp³-hybridized carbons (Fsp3) is 0.923. The minimum atomic E-state index is -0.670. The highest BCUT2D eigenvalue weighted by molar-refractivity contribution is 5.75. The third-order valence-electron chi connectivity index (χ3n) is 4.61. The molecule has 2 N–H and O–H groups in total. The van der Waals surface area contributed by atoms with Crippen LogP contribution >= 0.6 is 0 Å². The second-order valence-corrected chi connectivity index (χ2v) is 5.48. The van der Waals surface area contributed by atoms with Crippen LogP contribution < -0.4 is 0 Å². The molecule has 92 valence electrons. The molecular formula is C13H22O3. The Bertz CT molecular complexity index is 256. The van der Waals surface area contributed by atoms with Crippen LogP contribution in [-0.4, -0.2) is 22.3 Å². The molecule has 2 atom stereocenters. The lowest BCUT2D eigenvalue weighted by Crippen LogP contribution is -2.42. The van der Waals surface area contributed by atoms with E-state index >= 15 is 0 Å². The van der Waals surface area contributed by atoms with Gasteiger partial charge in [0.15, 0.2) is 0 Å². The van der Waals surface area contributed by atoms with E-state index < -0.39 is 17.5 Å². The van der Waals surface area contributed by atoms with Crippen molar-refractivity contribution < 1.29 is 15.0 Å². The molecule has 2 saturated carbocycles. The fourth-order valence-electron chi connectivity index (χ4n) is 3.68. The highest BCUT2D eigenvalue weighted by atomic mass is 16.4. The van der Waals surface area contributed by atoms with Gasteiger partial charge in [0.2, 0.25) is 0 Å².